The summed E-state index contributed by atoms with van der Waals surface area (Å²) in [5.41, 5.74) is 9.46. The van der Waals surface area contributed by atoms with Crippen LogP contribution in [0.3, 0.4) is 0 Å². The summed E-state index contributed by atoms with van der Waals surface area (Å²) in [6.45, 7) is 9.05. The molecule has 3 aliphatic rings. The number of fused-ring (bicyclic) bond motifs is 5. The quantitative estimate of drug-likeness (QED) is 0.248. The molecule has 2 heterocycles. The third-order valence-corrected chi connectivity index (χ3v) is 9.33. The average molecular weight is 449 g/mol. The van der Waals surface area contributed by atoms with Crippen LogP contribution in [-0.2, 0) is 7.05 Å². The lowest BCUT2D eigenvalue weighted by molar-refractivity contribution is -0.633. The standard InChI is InChI=1S/C32H34NO/c1-17(2)22-14-23-11-18(3)19(4)30-31(23)28(15-22)34-29-16-26-24(25-13-20-9-10-21(25)12-20)7-6-8-27(26)33(5)32(29)30/h6-8,11,14-17,20-21,25H,9-10,12-13H2,1-5H3/q+1. The summed E-state index contributed by atoms with van der Waals surface area (Å²) >= 11 is 0. The summed E-state index contributed by atoms with van der Waals surface area (Å²) in [6.07, 6.45) is 5.64. The Morgan fingerprint density at radius 2 is 1.82 bits per heavy atom. The van der Waals surface area contributed by atoms with Gasteiger partial charge in [-0.2, -0.15) is 4.57 Å². The van der Waals surface area contributed by atoms with Crippen molar-refractivity contribution in [1.82, 2.24) is 0 Å². The van der Waals surface area contributed by atoms with Crippen molar-refractivity contribution < 1.29 is 9.30 Å². The Bertz CT molecular complexity index is 1510. The third-order valence-electron chi connectivity index (χ3n) is 9.33. The number of hydrogen-bond acceptors (Lipinski definition) is 1. The van der Waals surface area contributed by atoms with Gasteiger partial charge in [0.15, 0.2) is 5.75 Å². The molecule has 172 valence electrons. The van der Waals surface area contributed by atoms with Crippen LogP contribution in [0, 0.1) is 25.7 Å². The van der Waals surface area contributed by atoms with Crippen LogP contribution in [0.5, 0.6) is 11.5 Å². The van der Waals surface area contributed by atoms with E-state index in [1.807, 2.05) is 0 Å². The highest BCUT2D eigenvalue weighted by atomic mass is 16.5. The molecule has 7 rings (SSSR count). The number of pyridine rings is 1. The van der Waals surface area contributed by atoms with Gasteiger partial charge in [-0.05, 0) is 90.5 Å². The van der Waals surface area contributed by atoms with Crippen molar-refractivity contribution in [1.29, 1.82) is 0 Å². The maximum absolute atomic E-state index is 6.78. The van der Waals surface area contributed by atoms with Gasteiger partial charge in [-0.25, -0.2) is 0 Å². The first-order valence-corrected chi connectivity index (χ1v) is 13.1. The SMILES string of the molecule is Cc1cc2cc(C(C)C)cc3c2c(c1C)-c1c(cc2c(C4CC5CCC4C5)cccc2[n+]1C)O3. The predicted octanol–water partition coefficient (Wildman–Crippen LogP) is 8.23. The minimum absolute atomic E-state index is 0.466. The van der Waals surface area contributed by atoms with Crippen molar-refractivity contribution in [2.24, 2.45) is 18.9 Å². The van der Waals surface area contributed by atoms with Gasteiger partial charge < -0.3 is 4.74 Å². The maximum Gasteiger partial charge on any atom is 0.256 e. The first-order chi connectivity index (χ1) is 16.4. The van der Waals surface area contributed by atoms with Crippen LogP contribution in [0.2, 0.25) is 0 Å². The smallest absolute Gasteiger partial charge is 0.256 e. The molecule has 0 saturated heterocycles. The van der Waals surface area contributed by atoms with E-state index < -0.39 is 0 Å². The lowest BCUT2D eigenvalue weighted by Crippen LogP contribution is -2.34. The molecule has 2 heteroatoms. The second-order valence-corrected chi connectivity index (χ2v) is 11.5. The molecule has 0 spiro atoms. The van der Waals surface area contributed by atoms with E-state index in [0.29, 0.717) is 11.8 Å². The van der Waals surface area contributed by atoms with Crippen LogP contribution in [0.4, 0.5) is 0 Å². The molecule has 0 amide bonds. The Labute approximate surface area is 202 Å². The average Bonchev–Trinajstić information content (AvgIpc) is 3.45. The molecule has 2 nitrogen and oxygen atoms in total. The van der Waals surface area contributed by atoms with Gasteiger partial charge in [0.25, 0.3) is 5.69 Å². The molecule has 1 aliphatic heterocycles. The lowest BCUT2D eigenvalue weighted by atomic mass is 9.81. The molecule has 1 aromatic heterocycles. The minimum Gasteiger partial charge on any atom is -0.450 e. The molecule has 2 aliphatic carbocycles. The summed E-state index contributed by atoms with van der Waals surface area (Å²) < 4.78 is 9.19. The van der Waals surface area contributed by atoms with E-state index in [4.69, 9.17) is 4.74 Å². The van der Waals surface area contributed by atoms with E-state index in [9.17, 15) is 0 Å². The van der Waals surface area contributed by atoms with Gasteiger partial charge in [0.1, 0.15) is 12.8 Å². The molecule has 3 aromatic carbocycles. The van der Waals surface area contributed by atoms with Crippen molar-refractivity contribution in [3.8, 4) is 22.8 Å². The van der Waals surface area contributed by atoms with E-state index in [1.165, 1.54) is 75.3 Å². The Kier molecular flexibility index (Phi) is 4.26. The van der Waals surface area contributed by atoms with Crippen molar-refractivity contribution >= 4 is 21.7 Å². The minimum atomic E-state index is 0.466. The monoisotopic (exact) mass is 448 g/mol. The highest BCUT2D eigenvalue weighted by Gasteiger charge is 2.41. The number of aromatic nitrogens is 1. The fourth-order valence-electron chi connectivity index (χ4n) is 7.42. The highest BCUT2D eigenvalue weighted by molar-refractivity contribution is 6.05. The van der Waals surface area contributed by atoms with Gasteiger partial charge in [0, 0.05) is 17.5 Å². The van der Waals surface area contributed by atoms with Gasteiger partial charge in [0.2, 0.25) is 5.52 Å². The van der Waals surface area contributed by atoms with E-state index in [2.05, 4.69) is 81.8 Å². The summed E-state index contributed by atoms with van der Waals surface area (Å²) in [5, 5.41) is 3.94. The zero-order valence-corrected chi connectivity index (χ0v) is 21.0. The number of nitrogens with zero attached hydrogens (tertiary/aromatic N) is 1. The van der Waals surface area contributed by atoms with E-state index >= 15 is 0 Å². The highest BCUT2D eigenvalue weighted by Crippen LogP contribution is 2.55. The van der Waals surface area contributed by atoms with Crippen molar-refractivity contribution in [2.75, 3.05) is 0 Å². The number of ether oxygens (including phenoxy) is 1. The zero-order chi connectivity index (χ0) is 23.3. The van der Waals surface area contributed by atoms with Gasteiger partial charge in [-0.3, -0.25) is 0 Å². The molecule has 3 unspecified atom stereocenters. The number of benzene rings is 3. The molecule has 2 bridgehead atoms. The zero-order valence-electron chi connectivity index (χ0n) is 21.0. The Morgan fingerprint density at radius 1 is 0.971 bits per heavy atom. The first-order valence-electron chi connectivity index (χ1n) is 13.1. The Hall–Kier alpha value is -2.87. The fourth-order valence-corrected chi connectivity index (χ4v) is 7.42. The largest absolute Gasteiger partial charge is 0.450 e. The van der Waals surface area contributed by atoms with Crippen LogP contribution < -0.4 is 9.30 Å². The van der Waals surface area contributed by atoms with Crippen LogP contribution in [0.1, 0.15) is 73.6 Å². The van der Waals surface area contributed by atoms with Gasteiger partial charge in [-0.15, -0.1) is 0 Å². The molecular formula is C32H34NO+. The van der Waals surface area contributed by atoms with Gasteiger partial charge in [0.05, 0.1) is 10.9 Å². The summed E-state index contributed by atoms with van der Waals surface area (Å²) in [6, 6.07) is 16.3. The molecule has 0 N–H and O–H groups in total. The molecule has 4 aromatic rings. The lowest BCUT2D eigenvalue weighted by Gasteiger charge is -2.26. The Morgan fingerprint density at radius 3 is 2.56 bits per heavy atom. The van der Waals surface area contributed by atoms with Crippen molar-refractivity contribution in [3.05, 3.63) is 64.7 Å². The Balaban J connectivity index is 1.52. The third kappa shape index (κ3) is 2.72. The van der Waals surface area contributed by atoms with Crippen LogP contribution in [0.15, 0.2) is 42.5 Å². The topological polar surface area (TPSA) is 13.1 Å². The number of rotatable bonds is 2. The van der Waals surface area contributed by atoms with Gasteiger partial charge in [-0.1, -0.05) is 44.5 Å². The number of hydrogen-bond donors (Lipinski definition) is 0. The first kappa shape index (κ1) is 20.5. The molecule has 0 radical (unpaired) electrons. The normalized spacial score (nSPS) is 22.6. The predicted molar refractivity (Wildman–Crippen MR) is 140 cm³/mol. The van der Waals surface area contributed by atoms with E-state index in [1.54, 1.807) is 5.56 Å². The van der Waals surface area contributed by atoms with Crippen molar-refractivity contribution in [3.63, 3.8) is 0 Å². The van der Waals surface area contributed by atoms with E-state index in [-0.39, 0.29) is 0 Å². The second kappa shape index (κ2) is 7.07. The molecule has 2 saturated carbocycles. The second-order valence-electron chi connectivity index (χ2n) is 11.5. The number of aryl methyl sites for hydroxylation is 2. The van der Waals surface area contributed by atoms with Crippen LogP contribution in [-0.4, -0.2) is 0 Å². The van der Waals surface area contributed by atoms with Crippen LogP contribution in [0.25, 0.3) is 32.9 Å². The summed E-state index contributed by atoms with van der Waals surface area (Å²) in [7, 11) is 2.23. The molecule has 3 atom stereocenters. The van der Waals surface area contributed by atoms with Gasteiger partial charge >= 0.3 is 0 Å². The van der Waals surface area contributed by atoms with Crippen molar-refractivity contribution in [2.45, 2.75) is 65.2 Å². The van der Waals surface area contributed by atoms with E-state index in [0.717, 1.165) is 23.3 Å². The molecule has 34 heavy (non-hydrogen) atoms. The summed E-state index contributed by atoms with van der Waals surface area (Å²) in [5.74, 6) is 5.00. The fraction of sp³-hybridized carbons (Fsp3) is 0.406. The maximum atomic E-state index is 6.78. The van der Waals surface area contributed by atoms with Crippen LogP contribution >= 0.6 is 0 Å². The molecular weight excluding hydrogens is 414 g/mol. The summed E-state index contributed by atoms with van der Waals surface area (Å²) in [4.78, 5) is 0. The molecule has 2 fully saturated rings.